The number of hydrogen-bond donors (Lipinski definition) is 1. The molecule has 102 valence electrons. The van der Waals surface area contributed by atoms with E-state index < -0.39 is 5.97 Å². The van der Waals surface area contributed by atoms with Gasteiger partial charge in [0.2, 0.25) is 0 Å². The van der Waals surface area contributed by atoms with E-state index >= 15 is 0 Å². The Hall–Kier alpha value is -1.84. The third-order valence-electron chi connectivity index (χ3n) is 3.12. The van der Waals surface area contributed by atoms with Gasteiger partial charge < -0.3 is 9.67 Å². The van der Waals surface area contributed by atoms with Gasteiger partial charge in [-0.2, -0.15) is 0 Å². The Bertz CT molecular complexity index is 612. The van der Waals surface area contributed by atoms with Crippen LogP contribution in [0.15, 0.2) is 18.2 Å². The first-order valence-corrected chi connectivity index (χ1v) is 6.64. The number of carboxylic acids is 1. The van der Waals surface area contributed by atoms with E-state index in [9.17, 15) is 4.79 Å². The van der Waals surface area contributed by atoms with Crippen molar-refractivity contribution in [2.45, 2.75) is 40.2 Å². The smallest absolute Gasteiger partial charge is 0.335 e. The summed E-state index contributed by atoms with van der Waals surface area (Å²) < 4.78 is 2.20. The molecule has 0 fully saturated rings. The average Bonchev–Trinajstić information content (AvgIpc) is 2.64. The molecule has 0 saturated carbocycles. The molecule has 0 bridgehead atoms. The summed E-state index contributed by atoms with van der Waals surface area (Å²) in [5.41, 5.74) is 2.07. The van der Waals surface area contributed by atoms with E-state index in [0.717, 1.165) is 23.3 Å². The molecule has 0 unspecified atom stereocenters. The molecular formula is C15H20N2O2. The topological polar surface area (TPSA) is 55.1 Å². The Labute approximate surface area is 113 Å². The maximum atomic E-state index is 11.0. The van der Waals surface area contributed by atoms with Crippen molar-refractivity contribution in [2.24, 2.45) is 5.92 Å². The zero-order chi connectivity index (χ0) is 14.2. The minimum atomic E-state index is -0.911. The normalized spacial score (nSPS) is 11.7. The van der Waals surface area contributed by atoms with Crippen molar-refractivity contribution in [1.29, 1.82) is 0 Å². The van der Waals surface area contributed by atoms with Crippen molar-refractivity contribution in [1.82, 2.24) is 9.55 Å². The molecule has 0 radical (unpaired) electrons. The van der Waals surface area contributed by atoms with Crippen molar-refractivity contribution in [3.63, 3.8) is 0 Å². The van der Waals surface area contributed by atoms with Crippen LogP contribution in [0.2, 0.25) is 0 Å². The van der Waals surface area contributed by atoms with E-state index in [1.54, 1.807) is 12.1 Å². The fourth-order valence-electron chi connectivity index (χ4n) is 2.37. The van der Waals surface area contributed by atoms with Crippen molar-refractivity contribution in [3.8, 4) is 0 Å². The summed E-state index contributed by atoms with van der Waals surface area (Å²) in [5, 5.41) is 9.04. The van der Waals surface area contributed by atoms with E-state index in [0.29, 0.717) is 12.0 Å². The van der Waals surface area contributed by atoms with Gasteiger partial charge in [-0.15, -0.1) is 0 Å². The summed E-state index contributed by atoms with van der Waals surface area (Å²) in [6, 6.07) is 5.47. The number of imidazole rings is 1. The lowest BCUT2D eigenvalue weighted by Gasteiger charge is -2.14. The second kappa shape index (κ2) is 5.03. The molecule has 2 aromatic rings. The molecule has 1 N–H and O–H groups in total. The van der Waals surface area contributed by atoms with E-state index in [2.05, 4.69) is 37.2 Å². The number of aromatic nitrogens is 2. The molecule has 4 heteroatoms. The molecular weight excluding hydrogens is 240 g/mol. The SMILES string of the molecule is CC(C)Cc1nc2cc(C(=O)O)ccc2n1C(C)C. The van der Waals surface area contributed by atoms with Crippen molar-refractivity contribution in [2.75, 3.05) is 0 Å². The van der Waals surface area contributed by atoms with E-state index in [1.165, 1.54) is 0 Å². The number of hydrogen-bond acceptors (Lipinski definition) is 2. The Balaban J connectivity index is 2.62. The highest BCUT2D eigenvalue weighted by Crippen LogP contribution is 2.24. The molecule has 4 nitrogen and oxygen atoms in total. The van der Waals surface area contributed by atoms with Crippen LogP contribution in [0, 0.1) is 5.92 Å². The molecule has 0 spiro atoms. The second-order valence-corrected chi connectivity index (χ2v) is 5.60. The van der Waals surface area contributed by atoms with E-state index in [1.807, 2.05) is 6.07 Å². The van der Waals surface area contributed by atoms with E-state index in [-0.39, 0.29) is 5.56 Å². The monoisotopic (exact) mass is 260 g/mol. The lowest BCUT2D eigenvalue weighted by atomic mass is 10.1. The first kappa shape index (κ1) is 13.6. The summed E-state index contributed by atoms with van der Waals surface area (Å²) in [7, 11) is 0. The number of nitrogens with zero attached hydrogens (tertiary/aromatic N) is 2. The van der Waals surface area contributed by atoms with Gasteiger partial charge in [-0.3, -0.25) is 0 Å². The first-order chi connectivity index (χ1) is 8.90. The molecule has 19 heavy (non-hydrogen) atoms. The van der Waals surface area contributed by atoms with Crippen LogP contribution in [0.5, 0.6) is 0 Å². The molecule has 1 aromatic carbocycles. The van der Waals surface area contributed by atoms with Crippen LogP contribution in [0.3, 0.4) is 0 Å². The number of carboxylic acid groups (broad SMARTS) is 1. The van der Waals surface area contributed by atoms with Crippen LogP contribution in [0.4, 0.5) is 0 Å². The lowest BCUT2D eigenvalue weighted by molar-refractivity contribution is 0.0697. The molecule has 1 heterocycles. The Morgan fingerprint density at radius 2 is 2.00 bits per heavy atom. The van der Waals surface area contributed by atoms with Crippen molar-refractivity contribution in [3.05, 3.63) is 29.6 Å². The molecule has 0 aliphatic rings. The minimum Gasteiger partial charge on any atom is -0.478 e. The highest BCUT2D eigenvalue weighted by atomic mass is 16.4. The maximum Gasteiger partial charge on any atom is 0.335 e. The van der Waals surface area contributed by atoms with Gasteiger partial charge in [0.1, 0.15) is 5.82 Å². The number of benzene rings is 1. The summed E-state index contributed by atoms with van der Waals surface area (Å²) in [4.78, 5) is 15.6. The minimum absolute atomic E-state index is 0.289. The fraction of sp³-hybridized carbons (Fsp3) is 0.467. The van der Waals surface area contributed by atoms with Crippen LogP contribution in [-0.2, 0) is 6.42 Å². The van der Waals surface area contributed by atoms with E-state index in [4.69, 9.17) is 5.11 Å². The molecule has 0 saturated heterocycles. The zero-order valence-electron chi connectivity index (χ0n) is 11.8. The molecule has 0 atom stereocenters. The molecule has 1 aromatic heterocycles. The quantitative estimate of drug-likeness (QED) is 0.915. The Kier molecular flexibility index (Phi) is 3.60. The third kappa shape index (κ3) is 2.62. The maximum absolute atomic E-state index is 11.0. The number of rotatable bonds is 4. The highest BCUT2D eigenvalue weighted by Gasteiger charge is 2.15. The van der Waals surface area contributed by atoms with Gasteiger partial charge in [-0.05, 0) is 38.0 Å². The molecule has 0 aliphatic carbocycles. The first-order valence-electron chi connectivity index (χ1n) is 6.64. The summed E-state index contributed by atoms with van der Waals surface area (Å²) in [5.74, 6) is 0.641. The Morgan fingerprint density at radius 1 is 1.32 bits per heavy atom. The van der Waals surface area contributed by atoms with Crippen molar-refractivity contribution < 1.29 is 9.90 Å². The number of fused-ring (bicyclic) bond motifs is 1. The van der Waals surface area contributed by atoms with Gasteiger partial charge in [0.15, 0.2) is 0 Å². The van der Waals surface area contributed by atoms with Gasteiger partial charge in [0.05, 0.1) is 16.6 Å². The number of aromatic carboxylic acids is 1. The standard InChI is InChI=1S/C15H20N2O2/c1-9(2)7-14-16-12-8-11(15(18)19)5-6-13(12)17(14)10(3)4/h5-6,8-10H,7H2,1-4H3,(H,18,19). The van der Waals surface area contributed by atoms with Crippen LogP contribution >= 0.6 is 0 Å². The predicted octanol–water partition coefficient (Wildman–Crippen LogP) is 3.51. The van der Waals surface area contributed by atoms with Gasteiger partial charge in [-0.25, -0.2) is 9.78 Å². The largest absolute Gasteiger partial charge is 0.478 e. The van der Waals surface area contributed by atoms with Crippen molar-refractivity contribution >= 4 is 17.0 Å². The summed E-state index contributed by atoms with van der Waals surface area (Å²) >= 11 is 0. The van der Waals surface area contributed by atoms with Gasteiger partial charge >= 0.3 is 5.97 Å². The van der Waals surface area contributed by atoms with Crippen LogP contribution < -0.4 is 0 Å². The van der Waals surface area contributed by atoms with Gasteiger partial charge in [0, 0.05) is 12.5 Å². The summed E-state index contributed by atoms with van der Waals surface area (Å²) in [6.07, 6.45) is 0.898. The summed E-state index contributed by atoms with van der Waals surface area (Å²) in [6.45, 7) is 8.56. The highest BCUT2D eigenvalue weighted by molar-refractivity contribution is 5.92. The van der Waals surface area contributed by atoms with Gasteiger partial charge in [0.25, 0.3) is 0 Å². The zero-order valence-corrected chi connectivity index (χ0v) is 11.8. The average molecular weight is 260 g/mol. The second-order valence-electron chi connectivity index (χ2n) is 5.60. The van der Waals surface area contributed by atoms with Gasteiger partial charge in [-0.1, -0.05) is 13.8 Å². The molecule has 0 amide bonds. The van der Waals surface area contributed by atoms with Crippen LogP contribution in [0.25, 0.3) is 11.0 Å². The lowest BCUT2D eigenvalue weighted by Crippen LogP contribution is -2.08. The third-order valence-corrected chi connectivity index (χ3v) is 3.12. The van der Waals surface area contributed by atoms with Crippen LogP contribution in [-0.4, -0.2) is 20.6 Å². The molecule has 0 aliphatic heterocycles. The molecule has 2 rings (SSSR count). The predicted molar refractivity (Wildman–Crippen MR) is 75.6 cm³/mol. The number of carbonyl (C=O) groups is 1. The van der Waals surface area contributed by atoms with Crippen LogP contribution in [0.1, 0.15) is 49.9 Å². The Morgan fingerprint density at radius 3 is 2.53 bits per heavy atom. The fourth-order valence-corrected chi connectivity index (χ4v) is 2.37.